The summed E-state index contributed by atoms with van der Waals surface area (Å²) in [6.45, 7) is 20.3. The average Bonchev–Trinajstić information content (AvgIpc) is 3.47. The zero-order valence-electron chi connectivity index (χ0n) is 37.8. The lowest BCUT2D eigenvalue weighted by molar-refractivity contribution is 0.349. The first kappa shape index (κ1) is 42.6. The van der Waals surface area contributed by atoms with Crippen molar-refractivity contribution < 1.29 is 44.8 Å². The maximum atomic E-state index is 7.08. The molecule has 2 aromatic heterocycles. The third-order valence-electron chi connectivity index (χ3n) is 11.1. The van der Waals surface area contributed by atoms with Crippen molar-refractivity contribution in [1.82, 2.24) is 0 Å². The fourth-order valence-electron chi connectivity index (χ4n) is 8.56. The predicted octanol–water partition coefficient (Wildman–Crippen LogP) is 15.4. The lowest BCUT2D eigenvalue weighted by Gasteiger charge is -2.23. The first-order chi connectivity index (χ1) is 29.6. The summed E-state index contributed by atoms with van der Waals surface area (Å²) in [5.74, 6) is 2.42. The summed E-state index contributed by atoms with van der Waals surface area (Å²) < 4.78 is 65.9. The summed E-state index contributed by atoms with van der Waals surface area (Å²) >= 11 is 0. The molecule has 0 bridgehead atoms. The average molecular weight is 875 g/mol. The first-order valence-electron chi connectivity index (χ1n) is 20.3. The van der Waals surface area contributed by atoms with Crippen LogP contribution in [0.3, 0.4) is 0 Å². The number of hydrogen-bond donors (Lipinski definition) is 0. The quantitative estimate of drug-likeness (QED) is 0.139. The van der Waals surface area contributed by atoms with Crippen LogP contribution in [0.15, 0.2) is 77.5 Å². The lowest BCUT2D eigenvalue weighted by Crippen LogP contribution is -2.03. The van der Waals surface area contributed by atoms with Gasteiger partial charge in [0.25, 0.3) is 0 Å². The topological polar surface area (TPSA) is 108 Å². The summed E-state index contributed by atoms with van der Waals surface area (Å²) in [5, 5.41) is 3.75. The second-order valence-corrected chi connectivity index (χ2v) is 18.1. The van der Waals surface area contributed by atoms with E-state index in [0.29, 0.717) is 79.1 Å². The third-order valence-corrected chi connectivity index (χ3v) is 13.1. The normalized spacial score (nSPS) is 11.4. The van der Waals surface area contributed by atoms with E-state index in [1.165, 1.54) is 0 Å². The Labute approximate surface area is 363 Å². The highest BCUT2D eigenvalue weighted by Gasteiger charge is 2.32. The summed E-state index contributed by atoms with van der Waals surface area (Å²) in [6, 6.07) is 20.6. The minimum Gasteiger partial charge on any atom is -0.493 e. The predicted molar refractivity (Wildman–Crippen MR) is 250 cm³/mol. The molecule has 0 spiro atoms. The number of rotatable bonds is 9. The number of fused-ring (bicyclic) bond motifs is 6. The molecule has 0 aliphatic heterocycles. The monoisotopic (exact) mass is 874 g/mol. The molecule has 0 saturated carbocycles. The van der Waals surface area contributed by atoms with E-state index < -0.39 is 16.5 Å². The molecule has 0 N–H and O–H groups in total. The highest BCUT2D eigenvalue weighted by atomic mass is 31.1. The van der Waals surface area contributed by atoms with Gasteiger partial charge in [-0.25, -0.2) is 0 Å². The van der Waals surface area contributed by atoms with Crippen LogP contribution in [0.25, 0.3) is 55.0 Å². The van der Waals surface area contributed by atoms with E-state index >= 15 is 0 Å². The number of benzene rings is 6. The van der Waals surface area contributed by atoms with Gasteiger partial charge in [0.1, 0.15) is 22.3 Å². The van der Waals surface area contributed by atoms with Crippen LogP contribution in [0.4, 0.5) is 0 Å². The summed E-state index contributed by atoms with van der Waals surface area (Å²) in [4.78, 5) is 0. The molecule has 12 heteroatoms. The second-order valence-electron chi connectivity index (χ2n) is 16.1. The minimum atomic E-state index is -2.14. The van der Waals surface area contributed by atoms with Gasteiger partial charge in [-0.1, -0.05) is 24.3 Å². The summed E-state index contributed by atoms with van der Waals surface area (Å²) in [6.07, 6.45) is 0. The number of aryl methyl sites for hydroxylation is 10. The molecular formula is C50H52O10P2. The van der Waals surface area contributed by atoms with Crippen molar-refractivity contribution in [2.24, 2.45) is 0 Å². The standard InChI is InChI=1S/C50H52O10P2/c1-25-15-29(5)43-35(19-25)36-20-26(2)16-30(6)44(36)56-61(55-43)59-47-33(9)23-39(51-11)49(53-13)41(47)42-48(34(10)24-40(52-12)50(42)54-14)60-62-57-45-31(7)17-27(3)21-37(45)38-22-28(4)18-32(8)46(38)58-62/h15-24H,1-14H3. The second kappa shape index (κ2) is 16.7. The summed E-state index contributed by atoms with van der Waals surface area (Å²) in [5.41, 5.74) is 13.4. The molecule has 0 saturated heterocycles. The molecular weight excluding hydrogens is 822 g/mol. The number of methoxy groups -OCH3 is 4. The molecule has 0 unspecified atom stereocenters. The van der Waals surface area contributed by atoms with Gasteiger partial charge in [-0.15, -0.1) is 0 Å². The van der Waals surface area contributed by atoms with E-state index in [0.717, 1.165) is 66.1 Å². The van der Waals surface area contributed by atoms with Crippen molar-refractivity contribution in [3.8, 4) is 45.6 Å². The van der Waals surface area contributed by atoms with E-state index in [2.05, 4.69) is 76.2 Å². The van der Waals surface area contributed by atoms with Crippen molar-refractivity contribution in [2.75, 3.05) is 28.4 Å². The van der Waals surface area contributed by atoms with Gasteiger partial charge < -0.3 is 44.8 Å². The van der Waals surface area contributed by atoms with Crippen molar-refractivity contribution in [3.63, 3.8) is 0 Å². The lowest BCUT2D eigenvalue weighted by atomic mass is 9.95. The highest BCUT2D eigenvalue weighted by Crippen LogP contribution is 2.58. The Kier molecular flexibility index (Phi) is 11.4. The molecule has 6 aromatic carbocycles. The van der Waals surface area contributed by atoms with Crippen LogP contribution in [0.2, 0.25) is 0 Å². The largest absolute Gasteiger partial charge is 0.493 e. The molecule has 10 nitrogen and oxygen atoms in total. The molecule has 0 atom stereocenters. The Bertz CT molecular complexity index is 2840. The van der Waals surface area contributed by atoms with Crippen LogP contribution >= 0.6 is 16.5 Å². The van der Waals surface area contributed by atoms with Crippen LogP contribution in [0.5, 0.6) is 34.5 Å². The minimum absolute atomic E-state index is 0.358. The van der Waals surface area contributed by atoms with Gasteiger partial charge in [0.2, 0.25) is 0 Å². The van der Waals surface area contributed by atoms with Crippen LogP contribution in [0.1, 0.15) is 55.6 Å². The molecule has 0 aliphatic rings. The van der Waals surface area contributed by atoms with E-state index in [9.17, 15) is 0 Å². The fraction of sp³-hybridized carbons (Fsp3) is 0.280. The van der Waals surface area contributed by atoms with Gasteiger partial charge >= 0.3 is 16.5 Å². The van der Waals surface area contributed by atoms with E-state index in [4.69, 9.17) is 44.8 Å². The van der Waals surface area contributed by atoms with E-state index in [1.807, 2.05) is 53.7 Å². The Morgan fingerprint density at radius 1 is 0.323 bits per heavy atom. The van der Waals surface area contributed by atoms with Gasteiger partial charge in [-0.3, -0.25) is 0 Å². The molecule has 8 rings (SSSR count). The van der Waals surface area contributed by atoms with Gasteiger partial charge in [-0.05, 0) is 161 Å². The molecule has 0 aliphatic carbocycles. The fourth-order valence-corrected chi connectivity index (χ4v) is 11.1. The maximum Gasteiger partial charge on any atom is 0.453 e. The third kappa shape index (κ3) is 7.50. The molecule has 0 radical (unpaired) electrons. The molecule has 2 heterocycles. The maximum absolute atomic E-state index is 7.08. The molecule has 0 amide bonds. The van der Waals surface area contributed by atoms with E-state index in [-0.39, 0.29) is 0 Å². The Morgan fingerprint density at radius 3 is 0.839 bits per heavy atom. The van der Waals surface area contributed by atoms with Crippen LogP contribution in [-0.2, 0) is 0 Å². The zero-order chi connectivity index (χ0) is 44.3. The van der Waals surface area contributed by atoms with Crippen molar-refractivity contribution in [1.29, 1.82) is 0 Å². The van der Waals surface area contributed by atoms with E-state index in [1.54, 1.807) is 28.4 Å². The number of hydrogen-bond acceptors (Lipinski definition) is 10. The number of ether oxygens (including phenoxy) is 4. The van der Waals surface area contributed by atoms with Gasteiger partial charge in [0, 0.05) is 21.5 Å². The smallest absolute Gasteiger partial charge is 0.453 e. The van der Waals surface area contributed by atoms with Crippen molar-refractivity contribution in [3.05, 3.63) is 116 Å². The highest BCUT2D eigenvalue weighted by molar-refractivity contribution is 7.32. The van der Waals surface area contributed by atoms with Crippen LogP contribution in [-0.4, -0.2) is 28.4 Å². The Morgan fingerprint density at radius 2 is 0.597 bits per heavy atom. The van der Waals surface area contributed by atoms with Gasteiger partial charge in [0.05, 0.1) is 39.6 Å². The Balaban J connectivity index is 1.46. The van der Waals surface area contributed by atoms with Crippen molar-refractivity contribution in [2.45, 2.75) is 69.2 Å². The SMILES string of the molecule is COc1cc(C)c(Op2oc3c(C)cc(C)cc3c3cc(C)cc(C)c3o2)c(-c2c(Op3oc4c(C)cc(C)cc4c4cc(C)cc(C)c4o3)c(C)cc(OC)c2OC)c1OC. The van der Waals surface area contributed by atoms with Crippen LogP contribution in [0, 0.1) is 69.2 Å². The summed E-state index contributed by atoms with van der Waals surface area (Å²) in [7, 11) is 2.07. The first-order valence-corrected chi connectivity index (χ1v) is 22.5. The molecule has 62 heavy (non-hydrogen) atoms. The van der Waals surface area contributed by atoms with Crippen LogP contribution < -0.4 is 28.0 Å². The van der Waals surface area contributed by atoms with Gasteiger partial charge in [-0.2, -0.15) is 0 Å². The zero-order valence-corrected chi connectivity index (χ0v) is 39.5. The Hall–Kier alpha value is -6.08. The van der Waals surface area contributed by atoms with Gasteiger partial charge in [0.15, 0.2) is 34.5 Å². The van der Waals surface area contributed by atoms with Crippen molar-refractivity contribution >= 4 is 60.4 Å². The molecule has 322 valence electrons. The molecule has 0 fully saturated rings. The molecule has 8 aromatic rings.